The highest BCUT2D eigenvalue weighted by Gasteiger charge is 2.38. The predicted molar refractivity (Wildman–Crippen MR) is 41.5 cm³/mol. The molecule has 0 spiro atoms. The fraction of sp³-hybridized carbons (Fsp3) is 0.857. The van der Waals surface area contributed by atoms with Gasteiger partial charge in [0, 0.05) is 19.6 Å². The Morgan fingerprint density at radius 1 is 1.73 bits per heavy atom. The van der Waals surface area contributed by atoms with Crippen LogP contribution in [0.3, 0.4) is 0 Å². The maximum absolute atomic E-state index is 10.8. The van der Waals surface area contributed by atoms with E-state index in [0.717, 1.165) is 13.1 Å². The first-order chi connectivity index (χ1) is 5.07. The first-order valence-electron chi connectivity index (χ1n) is 3.73. The van der Waals surface area contributed by atoms with Gasteiger partial charge in [0.05, 0.1) is 0 Å². The molecule has 1 unspecified atom stereocenters. The summed E-state index contributed by atoms with van der Waals surface area (Å²) in [6.45, 7) is 3.93. The Labute approximate surface area is 66.2 Å². The van der Waals surface area contributed by atoms with Gasteiger partial charge in [-0.2, -0.15) is 0 Å². The van der Waals surface area contributed by atoms with Crippen molar-refractivity contribution < 1.29 is 9.90 Å². The lowest BCUT2D eigenvalue weighted by Gasteiger charge is -2.39. The summed E-state index contributed by atoms with van der Waals surface area (Å²) in [6.07, 6.45) is 0. The number of hydrogen-bond acceptors (Lipinski definition) is 3. The minimum atomic E-state index is -0.757. The van der Waals surface area contributed by atoms with Gasteiger partial charge in [-0.1, -0.05) is 0 Å². The zero-order chi connectivity index (χ0) is 8.48. The number of carboxylic acid groups (broad SMARTS) is 1. The van der Waals surface area contributed by atoms with Crippen molar-refractivity contribution in [2.45, 2.75) is 12.5 Å². The molecule has 2 N–H and O–H groups in total. The number of nitrogens with zero attached hydrogens (tertiary/aromatic N) is 1. The fourth-order valence-electron chi connectivity index (χ4n) is 1.20. The van der Waals surface area contributed by atoms with E-state index in [-0.39, 0.29) is 0 Å². The highest BCUT2D eigenvalue weighted by molar-refractivity contribution is 5.78. The largest absolute Gasteiger partial charge is 0.480 e. The van der Waals surface area contributed by atoms with Crippen LogP contribution in [0.2, 0.25) is 0 Å². The van der Waals surface area contributed by atoms with Gasteiger partial charge >= 0.3 is 5.97 Å². The summed E-state index contributed by atoms with van der Waals surface area (Å²) in [7, 11) is 1.84. The van der Waals surface area contributed by atoms with Crippen molar-refractivity contribution in [3.63, 3.8) is 0 Å². The number of nitrogens with one attached hydrogen (secondary N) is 1. The van der Waals surface area contributed by atoms with E-state index in [0.29, 0.717) is 6.54 Å². The summed E-state index contributed by atoms with van der Waals surface area (Å²) in [4.78, 5) is 12.7. The number of rotatable bonds is 1. The summed E-state index contributed by atoms with van der Waals surface area (Å²) in [5.41, 5.74) is -0.724. The molecular weight excluding hydrogens is 144 g/mol. The summed E-state index contributed by atoms with van der Waals surface area (Å²) >= 11 is 0. The standard InChI is InChI=1S/C7H14N2O2/c1-7(6(10)11)5-8-3-4-9(7)2/h8H,3-5H2,1-2H3,(H,10,11). The molecule has 1 aliphatic heterocycles. The van der Waals surface area contributed by atoms with E-state index in [1.165, 1.54) is 0 Å². The van der Waals surface area contributed by atoms with Gasteiger partial charge in [-0.25, -0.2) is 0 Å². The molecule has 4 heteroatoms. The highest BCUT2D eigenvalue weighted by Crippen LogP contribution is 2.14. The smallest absolute Gasteiger partial charge is 0.325 e. The molecule has 0 radical (unpaired) electrons. The molecule has 0 bridgehead atoms. The molecule has 1 fully saturated rings. The molecule has 0 aromatic carbocycles. The van der Waals surface area contributed by atoms with Crippen LogP contribution in [0.1, 0.15) is 6.92 Å². The van der Waals surface area contributed by atoms with Gasteiger partial charge < -0.3 is 10.4 Å². The minimum Gasteiger partial charge on any atom is -0.480 e. The van der Waals surface area contributed by atoms with Crippen molar-refractivity contribution in [2.24, 2.45) is 0 Å². The number of aliphatic carboxylic acids is 1. The zero-order valence-electron chi connectivity index (χ0n) is 6.92. The molecule has 0 aromatic heterocycles. The van der Waals surface area contributed by atoms with Crippen molar-refractivity contribution in [3.05, 3.63) is 0 Å². The molecule has 11 heavy (non-hydrogen) atoms. The van der Waals surface area contributed by atoms with Crippen LogP contribution in [0.5, 0.6) is 0 Å². The highest BCUT2D eigenvalue weighted by atomic mass is 16.4. The van der Waals surface area contributed by atoms with Crippen molar-refractivity contribution in [2.75, 3.05) is 26.7 Å². The second-order valence-corrected chi connectivity index (χ2v) is 3.18. The molecule has 64 valence electrons. The van der Waals surface area contributed by atoms with E-state index in [1.54, 1.807) is 6.92 Å². The Morgan fingerprint density at radius 3 is 2.73 bits per heavy atom. The topological polar surface area (TPSA) is 52.6 Å². The molecule has 1 atom stereocenters. The maximum Gasteiger partial charge on any atom is 0.325 e. The van der Waals surface area contributed by atoms with E-state index in [9.17, 15) is 4.79 Å². The van der Waals surface area contributed by atoms with Gasteiger partial charge in [0.2, 0.25) is 0 Å². The van der Waals surface area contributed by atoms with Crippen LogP contribution in [-0.4, -0.2) is 48.2 Å². The third-order valence-corrected chi connectivity index (χ3v) is 2.40. The average Bonchev–Trinajstić information content (AvgIpc) is 1.95. The first-order valence-corrected chi connectivity index (χ1v) is 3.73. The zero-order valence-corrected chi connectivity index (χ0v) is 6.92. The Morgan fingerprint density at radius 2 is 2.36 bits per heavy atom. The molecule has 0 aromatic rings. The number of carboxylic acids is 1. The lowest BCUT2D eigenvalue weighted by Crippen LogP contribution is -2.62. The van der Waals surface area contributed by atoms with Gasteiger partial charge in [-0.05, 0) is 14.0 Å². The number of likely N-dealkylation sites (N-methyl/N-ethyl adjacent to an activating group) is 1. The van der Waals surface area contributed by atoms with Crippen LogP contribution in [0.15, 0.2) is 0 Å². The molecule has 1 rings (SSSR count). The Balaban J connectivity index is 2.72. The van der Waals surface area contributed by atoms with Gasteiger partial charge in [0.15, 0.2) is 0 Å². The van der Waals surface area contributed by atoms with Crippen molar-refractivity contribution in [3.8, 4) is 0 Å². The Bertz CT molecular complexity index is 172. The van der Waals surface area contributed by atoms with Crippen LogP contribution in [0, 0.1) is 0 Å². The summed E-state index contributed by atoms with van der Waals surface area (Å²) in [5.74, 6) is -0.757. The van der Waals surface area contributed by atoms with Crippen LogP contribution in [0.4, 0.5) is 0 Å². The Kier molecular flexibility index (Phi) is 2.15. The van der Waals surface area contributed by atoms with E-state index in [4.69, 9.17) is 5.11 Å². The second kappa shape index (κ2) is 2.79. The summed E-state index contributed by atoms with van der Waals surface area (Å²) in [5, 5.41) is 12.0. The van der Waals surface area contributed by atoms with Crippen LogP contribution in [-0.2, 0) is 4.79 Å². The van der Waals surface area contributed by atoms with Gasteiger partial charge in [0.1, 0.15) is 5.54 Å². The van der Waals surface area contributed by atoms with E-state index < -0.39 is 11.5 Å². The van der Waals surface area contributed by atoms with Gasteiger partial charge in [-0.3, -0.25) is 9.69 Å². The molecule has 1 saturated heterocycles. The van der Waals surface area contributed by atoms with E-state index >= 15 is 0 Å². The lowest BCUT2D eigenvalue weighted by atomic mass is 9.99. The fourth-order valence-corrected chi connectivity index (χ4v) is 1.20. The van der Waals surface area contributed by atoms with Crippen molar-refractivity contribution in [1.82, 2.24) is 10.2 Å². The number of piperazine rings is 1. The average molecular weight is 158 g/mol. The van der Waals surface area contributed by atoms with Crippen molar-refractivity contribution >= 4 is 5.97 Å². The second-order valence-electron chi connectivity index (χ2n) is 3.18. The van der Waals surface area contributed by atoms with Crippen LogP contribution >= 0.6 is 0 Å². The number of carbonyl (C=O) groups is 1. The third-order valence-electron chi connectivity index (χ3n) is 2.40. The van der Waals surface area contributed by atoms with Crippen LogP contribution < -0.4 is 5.32 Å². The summed E-state index contributed by atoms with van der Waals surface area (Å²) in [6, 6.07) is 0. The SMILES string of the molecule is CN1CCNCC1(C)C(=O)O. The summed E-state index contributed by atoms with van der Waals surface area (Å²) < 4.78 is 0. The molecule has 0 saturated carbocycles. The first kappa shape index (κ1) is 8.49. The molecule has 1 aliphatic rings. The normalized spacial score (nSPS) is 33.6. The van der Waals surface area contributed by atoms with Gasteiger partial charge in [-0.15, -0.1) is 0 Å². The van der Waals surface area contributed by atoms with Crippen LogP contribution in [0.25, 0.3) is 0 Å². The quantitative estimate of drug-likeness (QED) is 0.533. The van der Waals surface area contributed by atoms with Gasteiger partial charge in [0.25, 0.3) is 0 Å². The number of hydrogen-bond donors (Lipinski definition) is 2. The minimum absolute atomic E-state index is 0.527. The molecule has 0 amide bonds. The molecule has 4 nitrogen and oxygen atoms in total. The Hall–Kier alpha value is -0.610. The predicted octanol–water partition coefficient (Wildman–Crippen LogP) is -0.635. The van der Waals surface area contributed by atoms with E-state index in [1.807, 2.05) is 11.9 Å². The lowest BCUT2D eigenvalue weighted by molar-refractivity contribution is -0.150. The molecule has 0 aliphatic carbocycles. The molecular formula is C7H14N2O2. The third kappa shape index (κ3) is 1.36. The molecule has 1 heterocycles. The maximum atomic E-state index is 10.8. The van der Waals surface area contributed by atoms with E-state index in [2.05, 4.69) is 5.32 Å². The van der Waals surface area contributed by atoms with Crippen molar-refractivity contribution in [1.29, 1.82) is 0 Å². The monoisotopic (exact) mass is 158 g/mol.